The normalized spacial score (nSPS) is 10.6. The van der Waals surface area contributed by atoms with E-state index in [1.807, 2.05) is 31.2 Å². The standard InChI is InChI=1S/C17H15N3O4S/c1-12-2-8-15(9-3-12)23-10-16-18-19-17(24-16)25-11-13-4-6-14(7-5-13)20(21)22/h2-9H,10-11H2,1H3. The first-order valence-electron chi connectivity index (χ1n) is 7.48. The average Bonchev–Trinajstić information content (AvgIpc) is 3.08. The van der Waals surface area contributed by atoms with Crippen molar-refractivity contribution in [1.82, 2.24) is 10.2 Å². The summed E-state index contributed by atoms with van der Waals surface area (Å²) in [7, 11) is 0. The Hall–Kier alpha value is -2.87. The number of non-ortho nitro benzene ring substituents is 1. The van der Waals surface area contributed by atoms with Crippen LogP contribution in [0.15, 0.2) is 58.2 Å². The number of thioether (sulfide) groups is 1. The van der Waals surface area contributed by atoms with Gasteiger partial charge in [0.05, 0.1) is 4.92 Å². The van der Waals surface area contributed by atoms with Crippen molar-refractivity contribution in [2.24, 2.45) is 0 Å². The van der Waals surface area contributed by atoms with Gasteiger partial charge in [0.25, 0.3) is 16.8 Å². The summed E-state index contributed by atoms with van der Waals surface area (Å²) < 4.78 is 11.1. The Morgan fingerprint density at radius 1 is 1.12 bits per heavy atom. The molecule has 0 N–H and O–H groups in total. The zero-order valence-electron chi connectivity index (χ0n) is 13.4. The molecule has 0 saturated heterocycles. The van der Waals surface area contributed by atoms with E-state index in [9.17, 15) is 10.1 Å². The first-order chi connectivity index (χ1) is 12.1. The van der Waals surface area contributed by atoms with Crippen LogP contribution in [0.4, 0.5) is 5.69 Å². The van der Waals surface area contributed by atoms with Crippen molar-refractivity contribution in [3.05, 3.63) is 75.7 Å². The van der Waals surface area contributed by atoms with Crippen LogP contribution in [0.5, 0.6) is 5.75 Å². The Labute approximate surface area is 148 Å². The van der Waals surface area contributed by atoms with Crippen molar-refractivity contribution >= 4 is 17.4 Å². The van der Waals surface area contributed by atoms with Gasteiger partial charge in [-0.25, -0.2) is 0 Å². The van der Waals surface area contributed by atoms with E-state index < -0.39 is 4.92 Å². The molecule has 0 fully saturated rings. The number of hydrogen-bond acceptors (Lipinski definition) is 7. The van der Waals surface area contributed by atoms with Crippen molar-refractivity contribution in [3.63, 3.8) is 0 Å². The van der Waals surface area contributed by atoms with Gasteiger partial charge < -0.3 is 9.15 Å². The molecule has 0 spiro atoms. The molecule has 0 radical (unpaired) electrons. The average molecular weight is 357 g/mol. The topological polar surface area (TPSA) is 91.3 Å². The largest absolute Gasteiger partial charge is 0.484 e. The molecule has 1 heterocycles. The molecule has 1 aromatic heterocycles. The van der Waals surface area contributed by atoms with E-state index in [0.29, 0.717) is 16.9 Å². The fourth-order valence-electron chi connectivity index (χ4n) is 1.99. The second kappa shape index (κ2) is 7.80. The third kappa shape index (κ3) is 4.80. The van der Waals surface area contributed by atoms with E-state index in [2.05, 4.69) is 10.2 Å². The molecular formula is C17H15N3O4S. The Bertz CT molecular complexity index is 847. The number of aryl methyl sites for hydroxylation is 1. The summed E-state index contributed by atoms with van der Waals surface area (Å²) >= 11 is 1.37. The van der Waals surface area contributed by atoms with Crippen LogP contribution >= 0.6 is 11.8 Å². The molecule has 0 aliphatic rings. The van der Waals surface area contributed by atoms with Gasteiger partial charge in [0.15, 0.2) is 6.61 Å². The summed E-state index contributed by atoms with van der Waals surface area (Å²) in [6.45, 7) is 2.21. The van der Waals surface area contributed by atoms with Gasteiger partial charge in [0.1, 0.15) is 5.75 Å². The van der Waals surface area contributed by atoms with Gasteiger partial charge >= 0.3 is 0 Å². The van der Waals surface area contributed by atoms with Crippen LogP contribution in [-0.4, -0.2) is 15.1 Å². The van der Waals surface area contributed by atoms with Crippen LogP contribution in [0.2, 0.25) is 0 Å². The molecule has 0 aliphatic heterocycles. The number of nitrogens with zero attached hydrogens (tertiary/aromatic N) is 3. The number of nitro groups is 1. The highest BCUT2D eigenvalue weighted by Gasteiger charge is 2.09. The number of hydrogen-bond donors (Lipinski definition) is 0. The minimum absolute atomic E-state index is 0.0714. The molecule has 3 aromatic rings. The third-order valence-corrected chi connectivity index (χ3v) is 4.23. The quantitative estimate of drug-likeness (QED) is 0.356. The second-order valence-corrected chi connectivity index (χ2v) is 6.20. The summed E-state index contributed by atoms with van der Waals surface area (Å²) in [5, 5.41) is 19.0. The molecule has 7 nitrogen and oxygen atoms in total. The van der Waals surface area contributed by atoms with Gasteiger partial charge in [0.2, 0.25) is 0 Å². The number of ether oxygens (including phenoxy) is 1. The summed E-state index contributed by atoms with van der Waals surface area (Å²) in [6.07, 6.45) is 0. The van der Waals surface area contributed by atoms with Gasteiger partial charge in [0, 0.05) is 17.9 Å². The maximum Gasteiger partial charge on any atom is 0.277 e. The fourth-order valence-corrected chi connectivity index (χ4v) is 2.73. The first kappa shape index (κ1) is 17.0. The molecule has 2 aromatic carbocycles. The van der Waals surface area contributed by atoms with Gasteiger partial charge in [-0.2, -0.15) is 0 Å². The van der Waals surface area contributed by atoms with Crippen molar-refractivity contribution in [3.8, 4) is 5.75 Å². The summed E-state index contributed by atoms with van der Waals surface area (Å²) in [5.74, 6) is 1.72. The van der Waals surface area contributed by atoms with E-state index in [4.69, 9.17) is 9.15 Å². The maximum absolute atomic E-state index is 10.6. The summed E-state index contributed by atoms with van der Waals surface area (Å²) in [4.78, 5) is 10.2. The monoisotopic (exact) mass is 357 g/mol. The van der Waals surface area contributed by atoms with Gasteiger partial charge in [-0.1, -0.05) is 41.6 Å². The minimum atomic E-state index is -0.421. The van der Waals surface area contributed by atoms with E-state index in [1.54, 1.807) is 12.1 Å². The van der Waals surface area contributed by atoms with Crippen LogP contribution in [0.1, 0.15) is 17.0 Å². The highest BCUT2D eigenvalue weighted by molar-refractivity contribution is 7.98. The van der Waals surface area contributed by atoms with Crippen LogP contribution in [-0.2, 0) is 12.4 Å². The molecule has 0 bridgehead atoms. The third-order valence-electron chi connectivity index (χ3n) is 3.34. The number of aromatic nitrogens is 2. The molecule has 0 atom stereocenters. The van der Waals surface area contributed by atoms with Crippen molar-refractivity contribution < 1.29 is 14.1 Å². The van der Waals surface area contributed by atoms with Gasteiger partial charge in [-0.05, 0) is 24.6 Å². The molecule has 0 aliphatic carbocycles. The lowest BCUT2D eigenvalue weighted by atomic mass is 10.2. The lowest BCUT2D eigenvalue weighted by Gasteiger charge is -2.02. The number of rotatable bonds is 7. The highest BCUT2D eigenvalue weighted by atomic mass is 32.2. The van der Waals surface area contributed by atoms with E-state index in [1.165, 1.54) is 23.9 Å². The van der Waals surface area contributed by atoms with Crippen LogP contribution < -0.4 is 4.74 Å². The van der Waals surface area contributed by atoms with Crippen LogP contribution in [0, 0.1) is 17.0 Å². The smallest absolute Gasteiger partial charge is 0.277 e. The Morgan fingerprint density at radius 2 is 1.84 bits per heavy atom. The predicted molar refractivity (Wildman–Crippen MR) is 92.5 cm³/mol. The SMILES string of the molecule is Cc1ccc(OCc2nnc(SCc3ccc([N+](=O)[O-])cc3)o2)cc1. The molecule has 25 heavy (non-hydrogen) atoms. The highest BCUT2D eigenvalue weighted by Crippen LogP contribution is 2.23. The summed E-state index contributed by atoms with van der Waals surface area (Å²) in [6, 6.07) is 14.1. The molecule has 0 amide bonds. The lowest BCUT2D eigenvalue weighted by Crippen LogP contribution is -1.95. The molecule has 3 rings (SSSR count). The fraction of sp³-hybridized carbons (Fsp3) is 0.176. The molecule has 8 heteroatoms. The lowest BCUT2D eigenvalue weighted by molar-refractivity contribution is -0.384. The van der Waals surface area contributed by atoms with E-state index >= 15 is 0 Å². The second-order valence-electron chi connectivity index (χ2n) is 5.28. The predicted octanol–water partition coefficient (Wildman–Crippen LogP) is 4.16. The number of nitro benzene ring substituents is 1. The minimum Gasteiger partial charge on any atom is -0.484 e. The van der Waals surface area contributed by atoms with E-state index in [0.717, 1.165) is 16.9 Å². The summed E-state index contributed by atoms with van der Waals surface area (Å²) in [5.41, 5.74) is 2.17. The van der Waals surface area contributed by atoms with Crippen molar-refractivity contribution in [1.29, 1.82) is 0 Å². The van der Waals surface area contributed by atoms with Crippen LogP contribution in [0.3, 0.4) is 0 Å². The van der Waals surface area contributed by atoms with Gasteiger partial charge in [-0.15, -0.1) is 10.2 Å². The van der Waals surface area contributed by atoms with Gasteiger partial charge in [-0.3, -0.25) is 10.1 Å². The molecular weight excluding hydrogens is 342 g/mol. The molecule has 0 unspecified atom stereocenters. The van der Waals surface area contributed by atoms with E-state index in [-0.39, 0.29) is 12.3 Å². The van der Waals surface area contributed by atoms with Crippen molar-refractivity contribution in [2.75, 3.05) is 0 Å². The number of benzene rings is 2. The zero-order chi connectivity index (χ0) is 17.6. The molecule has 128 valence electrons. The molecule has 0 saturated carbocycles. The maximum atomic E-state index is 10.6. The van der Waals surface area contributed by atoms with Crippen molar-refractivity contribution in [2.45, 2.75) is 24.5 Å². The Morgan fingerprint density at radius 3 is 2.52 bits per heavy atom. The first-order valence-corrected chi connectivity index (χ1v) is 8.47. The Kier molecular flexibility index (Phi) is 5.30. The zero-order valence-corrected chi connectivity index (χ0v) is 14.2. The van der Waals surface area contributed by atoms with Crippen LogP contribution in [0.25, 0.3) is 0 Å². The Balaban J connectivity index is 1.51.